The molecule has 0 aliphatic carbocycles. The van der Waals surface area contributed by atoms with E-state index in [1.165, 1.54) is 0 Å². The first-order valence-electron chi connectivity index (χ1n) is 7.92. The van der Waals surface area contributed by atoms with E-state index in [4.69, 9.17) is 0 Å². The quantitative estimate of drug-likeness (QED) is 0.802. The van der Waals surface area contributed by atoms with Gasteiger partial charge in [0.1, 0.15) is 6.54 Å². The number of rotatable bonds is 3. The van der Waals surface area contributed by atoms with Crippen LogP contribution in [0.2, 0.25) is 0 Å². The predicted molar refractivity (Wildman–Crippen MR) is 97.5 cm³/mol. The van der Waals surface area contributed by atoms with Crippen molar-refractivity contribution in [3.8, 4) is 0 Å². The molecule has 3 aromatic rings. The highest BCUT2D eigenvalue weighted by Gasteiger charge is 2.12. The summed E-state index contributed by atoms with van der Waals surface area (Å²) in [6.45, 7) is 5.81. The van der Waals surface area contributed by atoms with E-state index in [0.29, 0.717) is 0 Å². The smallest absolute Gasteiger partial charge is 0.251 e. The maximum atomic E-state index is 12.5. The third-order valence-electron chi connectivity index (χ3n) is 4.26. The standard InChI is InChI=1S/C20H20N2O2/c1-13-7-4-5-10-17(13)21-18(23)12-22-19(24)11-15(3)16-9-6-8-14(2)20(16)22/h4-11H,12H2,1-3H3,(H,21,23). The molecule has 2 aromatic carbocycles. The molecule has 0 bridgehead atoms. The Balaban J connectivity index is 2.00. The van der Waals surface area contributed by atoms with E-state index in [1.807, 2.05) is 63.2 Å². The lowest BCUT2D eigenvalue weighted by Crippen LogP contribution is -2.28. The number of hydrogen-bond acceptors (Lipinski definition) is 2. The predicted octanol–water partition coefficient (Wildman–Crippen LogP) is 3.57. The molecule has 122 valence electrons. The Morgan fingerprint density at radius 2 is 1.67 bits per heavy atom. The maximum Gasteiger partial charge on any atom is 0.251 e. The molecule has 0 radical (unpaired) electrons. The molecule has 1 N–H and O–H groups in total. The minimum Gasteiger partial charge on any atom is -0.324 e. The van der Waals surface area contributed by atoms with Crippen LogP contribution in [0.25, 0.3) is 10.9 Å². The van der Waals surface area contributed by atoms with Crippen LogP contribution in [0.5, 0.6) is 0 Å². The zero-order valence-corrected chi connectivity index (χ0v) is 14.1. The number of carbonyl (C=O) groups is 1. The lowest BCUT2D eigenvalue weighted by Gasteiger charge is -2.14. The van der Waals surface area contributed by atoms with Crippen molar-refractivity contribution in [1.82, 2.24) is 4.57 Å². The van der Waals surface area contributed by atoms with Gasteiger partial charge in [0, 0.05) is 17.1 Å². The third kappa shape index (κ3) is 2.95. The lowest BCUT2D eigenvalue weighted by atomic mass is 10.1. The molecular weight excluding hydrogens is 300 g/mol. The molecule has 0 aliphatic rings. The highest BCUT2D eigenvalue weighted by atomic mass is 16.2. The largest absolute Gasteiger partial charge is 0.324 e. The van der Waals surface area contributed by atoms with Crippen LogP contribution in [-0.4, -0.2) is 10.5 Å². The summed E-state index contributed by atoms with van der Waals surface area (Å²) in [5.41, 5.74) is 4.33. The summed E-state index contributed by atoms with van der Waals surface area (Å²) in [4.78, 5) is 24.9. The van der Waals surface area contributed by atoms with Crippen LogP contribution >= 0.6 is 0 Å². The van der Waals surface area contributed by atoms with Gasteiger partial charge < -0.3 is 5.32 Å². The monoisotopic (exact) mass is 320 g/mol. The number of pyridine rings is 1. The van der Waals surface area contributed by atoms with Gasteiger partial charge >= 0.3 is 0 Å². The second-order valence-electron chi connectivity index (χ2n) is 6.09. The SMILES string of the molecule is Cc1ccccc1NC(=O)Cn1c(=O)cc(C)c2cccc(C)c21. The van der Waals surface area contributed by atoms with Crippen LogP contribution in [-0.2, 0) is 11.3 Å². The number of para-hydroxylation sites is 2. The summed E-state index contributed by atoms with van der Waals surface area (Å²) in [5, 5.41) is 3.88. The highest BCUT2D eigenvalue weighted by Crippen LogP contribution is 2.20. The van der Waals surface area contributed by atoms with Gasteiger partial charge in [-0.3, -0.25) is 14.2 Å². The Morgan fingerprint density at radius 3 is 2.42 bits per heavy atom. The average molecular weight is 320 g/mol. The van der Waals surface area contributed by atoms with E-state index in [1.54, 1.807) is 10.6 Å². The van der Waals surface area contributed by atoms with E-state index < -0.39 is 0 Å². The molecule has 0 spiro atoms. The first kappa shape index (κ1) is 16.0. The number of hydrogen-bond donors (Lipinski definition) is 1. The Hall–Kier alpha value is -2.88. The van der Waals surface area contributed by atoms with E-state index in [2.05, 4.69) is 5.32 Å². The zero-order chi connectivity index (χ0) is 17.3. The van der Waals surface area contributed by atoms with Crippen LogP contribution in [0.1, 0.15) is 16.7 Å². The van der Waals surface area contributed by atoms with Gasteiger partial charge in [-0.15, -0.1) is 0 Å². The molecule has 0 fully saturated rings. The molecule has 0 unspecified atom stereocenters. The second kappa shape index (κ2) is 6.32. The molecule has 4 nitrogen and oxygen atoms in total. The van der Waals surface area contributed by atoms with Crippen LogP contribution in [0.4, 0.5) is 5.69 Å². The summed E-state index contributed by atoms with van der Waals surface area (Å²) in [6.07, 6.45) is 0. The van der Waals surface area contributed by atoms with Gasteiger partial charge in [0.15, 0.2) is 0 Å². The van der Waals surface area contributed by atoms with Gasteiger partial charge in [-0.05, 0) is 43.5 Å². The van der Waals surface area contributed by atoms with Gasteiger partial charge in [0.25, 0.3) is 5.56 Å². The molecule has 1 aromatic heterocycles. The number of benzene rings is 2. The highest BCUT2D eigenvalue weighted by molar-refractivity contribution is 5.93. The second-order valence-corrected chi connectivity index (χ2v) is 6.09. The fourth-order valence-corrected chi connectivity index (χ4v) is 2.99. The van der Waals surface area contributed by atoms with Crippen molar-refractivity contribution < 1.29 is 4.79 Å². The molecule has 1 heterocycles. The molecule has 4 heteroatoms. The number of carbonyl (C=O) groups excluding carboxylic acids is 1. The Bertz CT molecular complexity index is 987. The Kier molecular flexibility index (Phi) is 4.21. The molecule has 3 rings (SSSR count). The summed E-state index contributed by atoms with van der Waals surface area (Å²) in [6, 6.07) is 15.1. The molecule has 0 saturated heterocycles. The normalized spacial score (nSPS) is 10.8. The topological polar surface area (TPSA) is 51.1 Å². The lowest BCUT2D eigenvalue weighted by molar-refractivity contribution is -0.116. The van der Waals surface area contributed by atoms with E-state index in [-0.39, 0.29) is 18.0 Å². The summed E-state index contributed by atoms with van der Waals surface area (Å²) < 4.78 is 1.55. The van der Waals surface area contributed by atoms with Gasteiger partial charge in [0.05, 0.1) is 5.52 Å². The molecule has 0 aliphatic heterocycles. The molecule has 1 amide bonds. The number of anilines is 1. The Morgan fingerprint density at radius 1 is 0.958 bits per heavy atom. The minimum atomic E-state index is -0.209. The third-order valence-corrected chi connectivity index (χ3v) is 4.26. The number of nitrogens with one attached hydrogen (secondary N) is 1. The maximum absolute atomic E-state index is 12.5. The Labute approximate surface area is 140 Å². The number of aromatic nitrogens is 1. The van der Waals surface area contributed by atoms with Crippen LogP contribution in [0.15, 0.2) is 53.3 Å². The number of nitrogens with zero attached hydrogens (tertiary/aromatic N) is 1. The summed E-state index contributed by atoms with van der Waals surface area (Å²) in [5.74, 6) is -0.209. The summed E-state index contributed by atoms with van der Waals surface area (Å²) >= 11 is 0. The van der Waals surface area contributed by atoms with Crippen molar-refractivity contribution in [3.63, 3.8) is 0 Å². The van der Waals surface area contributed by atoms with E-state index >= 15 is 0 Å². The van der Waals surface area contributed by atoms with Gasteiger partial charge in [0.2, 0.25) is 5.91 Å². The first-order chi connectivity index (χ1) is 11.5. The fourth-order valence-electron chi connectivity index (χ4n) is 2.99. The molecule has 0 atom stereocenters. The van der Waals surface area contributed by atoms with Crippen LogP contribution < -0.4 is 10.9 Å². The van der Waals surface area contributed by atoms with Crippen molar-refractivity contribution in [1.29, 1.82) is 0 Å². The van der Waals surface area contributed by atoms with E-state index in [9.17, 15) is 9.59 Å². The molecule has 24 heavy (non-hydrogen) atoms. The summed E-state index contributed by atoms with van der Waals surface area (Å²) in [7, 11) is 0. The van der Waals surface area contributed by atoms with Crippen molar-refractivity contribution in [2.24, 2.45) is 0 Å². The van der Waals surface area contributed by atoms with Crippen molar-refractivity contribution >= 4 is 22.5 Å². The average Bonchev–Trinajstić information content (AvgIpc) is 2.54. The molecular formula is C20H20N2O2. The minimum absolute atomic E-state index is 0.00516. The van der Waals surface area contributed by atoms with Crippen LogP contribution in [0.3, 0.4) is 0 Å². The van der Waals surface area contributed by atoms with Crippen molar-refractivity contribution in [3.05, 3.63) is 75.6 Å². The first-order valence-corrected chi connectivity index (χ1v) is 7.92. The van der Waals surface area contributed by atoms with Crippen molar-refractivity contribution in [2.45, 2.75) is 27.3 Å². The fraction of sp³-hybridized carbons (Fsp3) is 0.200. The number of amides is 1. The van der Waals surface area contributed by atoms with Crippen molar-refractivity contribution in [2.75, 3.05) is 5.32 Å². The number of fused-ring (bicyclic) bond motifs is 1. The van der Waals surface area contributed by atoms with Crippen LogP contribution in [0, 0.1) is 20.8 Å². The molecule has 0 saturated carbocycles. The van der Waals surface area contributed by atoms with E-state index in [0.717, 1.165) is 33.3 Å². The van der Waals surface area contributed by atoms with Gasteiger partial charge in [-0.2, -0.15) is 0 Å². The zero-order valence-electron chi connectivity index (χ0n) is 14.1. The van der Waals surface area contributed by atoms with Gasteiger partial charge in [-0.1, -0.05) is 36.4 Å². The van der Waals surface area contributed by atoms with Gasteiger partial charge in [-0.25, -0.2) is 0 Å². The number of aryl methyl sites for hydroxylation is 3.